The quantitative estimate of drug-likeness (QED) is 0.607. The number of pyridine rings is 1. The van der Waals surface area contributed by atoms with Gasteiger partial charge in [-0.15, -0.1) is 0 Å². The van der Waals surface area contributed by atoms with Gasteiger partial charge in [-0.3, -0.25) is 9.88 Å². The fraction of sp³-hybridized carbons (Fsp3) is 0.280. The van der Waals surface area contributed by atoms with Gasteiger partial charge in [0.15, 0.2) is 0 Å². The van der Waals surface area contributed by atoms with Crippen molar-refractivity contribution in [3.63, 3.8) is 0 Å². The number of nitrogens with zero attached hydrogens (tertiary/aromatic N) is 2. The second-order valence-electron chi connectivity index (χ2n) is 8.19. The van der Waals surface area contributed by atoms with Crippen molar-refractivity contribution in [3.05, 3.63) is 89.2 Å². The highest BCUT2D eigenvalue weighted by atomic mass is 19.4. The van der Waals surface area contributed by atoms with Crippen LogP contribution in [0.2, 0.25) is 0 Å². The Labute approximate surface area is 189 Å². The molecule has 2 aromatic carbocycles. The molecule has 1 aliphatic heterocycles. The molecule has 1 saturated heterocycles. The summed E-state index contributed by atoms with van der Waals surface area (Å²) in [4.78, 5) is 18.2. The number of carbonyl (C=O) groups is 1. The lowest BCUT2D eigenvalue weighted by Crippen LogP contribution is -2.49. The summed E-state index contributed by atoms with van der Waals surface area (Å²) in [6.45, 7) is 1.57. The first-order valence-electron chi connectivity index (χ1n) is 10.8. The molecule has 0 radical (unpaired) electrons. The highest BCUT2D eigenvalue weighted by Gasteiger charge is 2.35. The zero-order valence-electron chi connectivity index (χ0n) is 17.7. The Morgan fingerprint density at radius 1 is 1.03 bits per heavy atom. The molecule has 2 heterocycles. The van der Waals surface area contributed by atoms with Crippen LogP contribution in [-0.4, -0.2) is 42.2 Å². The van der Waals surface area contributed by atoms with Gasteiger partial charge in [-0.1, -0.05) is 54.6 Å². The van der Waals surface area contributed by atoms with Gasteiger partial charge < -0.3 is 10.1 Å². The van der Waals surface area contributed by atoms with Crippen LogP contribution in [0.15, 0.2) is 66.9 Å². The minimum Gasteiger partial charge on any atom is -0.448 e. The summed E-state index contributed by atoms with van der Waals surface area (Å²) < 4.78 is 44.4. The van der Waals surface area contributed by atoms with E-state index in [1.165, 1.54) is 12.3 Å². The highest BCUT2D eigenvalue weighted by Crippen LogP contribution is 2.44. The normalized spacial score (nSPS) is 18.0. The number of halogens is 3. The number of nitrogens with one attached hydrogen (secondary N) is 1. The van der Waals surface area contributed by atoms with Crippen LogP contribution < -0.4 is 5.32 Å². The molecule has 33 heavy (non-hydrogen) atoms. The molecule has 1 N–H and O–H groups in total. The van der Waals surface area contributed by atoms with E-state index in [0.717, 1.165) is 28.3 Å². The minimum atomic E-state index is -4.50. The molecule has 3 aromatic rings. The maximum absolute atomic E-state index is 13.1. The smallest absolute Gasteiger partial charge is 0.433 e. The molecule has 0 saturated carbocycles. The van der Waals surface area contributed by atoms with E-state index in [-0.39, 0.29) is 12.5 Å². The number of amides is 1. The maximum atomic E-state index is 13.1. The number of rotatable bonds is 3. The van der Waals surface area contributed by atoms with Crippen LogP contribution in [0.4, 0.5) is 18.0 Å². The van der Waals surface area contributed by atoms with Crippen LogP contribution in [0.25, 0.3) is 11.1 Å². The summed E-state index contributed by atoms with van der Waals surface area (Å²) in [6.07, 6.45) is -3.80. The number of carbonyl (C=O) groups excluding carboxylic acids is 1. The van der Waals surface area contributed by atoms with Crippen molar-refractivity contribution in [2.45, 2.75) is 18.1 Å². The van der Waals surface area contributed by atoms with Gasteiger partial charge in [-0.2, -0.15) is 13.2 Å². The van der Waals surface area contributed by atoms with Crippen LogP contribution in [0.5, 0.6) is 0 Å². The van der Waals surface area contributed by atoms with Crippen molar-refractivity contribution in [2.75, 3.05) is 26.2 Å². The first kappa shape index (κ1) is 21.5. The Morgan fingerprint density at radius 3 is 2.30 bits per heavy atom. The molecular weight excluding hydrogens is 431 g/mol. The van der Waals surface area contributed by atoms with E-state index < -0.39 is 24.0 Å². The van der Waals surface area contributed by atoms with E-state index in [1.54, 1.807) is 4.90 Å². The molecule has 0 bridgehead atoms. The van der Waals surface area contributed by atoms with Crippen molar-refractivity contribution < 1.29 is 22.7 Å². The predicted octanol–water partition coefficient (Wildman–Crippen LogP) is 5.00. The van der Waals surface area contributed by atoms with E-state index in [1.807, 2.05) is 24.3 Å². The van der Waals surface area contributed by atoms with Gasteiger partial charge in [0.1, 0.15) is 12.3 Å². The Hall–Kier alpha value is -3.39. The van der Waals surface area contributed by atoms with Crippen molar-refractivity contribution >= 4 is 6.09 Å². The van der Waals surface area contributed by atoms with E-state index in [2.05, 4.69) is 34.6 Å². The Morgan fingerprint density at radius 2 is 1.70 bits per heavy atom. The van der Waals surface area contributed by atoms with Crippen molar-refractivity contribution in [1.29, 1.82) is 0 Å². The summed E-state index contributed by atoms with van der Waals surface area (Å²) in [5.41, 5.74) is 4.10. The molecule has 1 fully saturated rings. The summed E-state index contributed by atoms with van der Waals surface area (Å²) in [5.74, 6) is -0.0598. The Balaban J connectivity index is 1.33. The summed E-state index contributed by atoms with van der Waals surface area (Å²) in [7, 11) is 0. The van der Waals surface area contributed by atoms with Gasteiger partial charge in [0.2, 0.25) is 0 Å². The van der Waals surface area contributed by atoms with Gasteiger partial charge in [0.05, 0.1) is 6.04 Å². The zero-order chi connectivity index (χ0) is 23.0. The maximum Gasteiger partial charge on any atom is 0.433 e. The lowest BCUT2D eigenvalue weighted by molar-refractivity contribution is -0.141. The lowest BCUT2D eigenvalue weighted by atomic mass is 9.98. The Kier molecular flexibility index (Phi) is 5.54. The number of alkyl halides is 3. The van der Waals surface area contributed by atoms with Gasteiger partial charge in [0.25, 0.3) is 0 Å². The van der Waals surface area contributed by atoms with E-state index in [0.29, 0.717) is 25.2 Å². The molecule has 2 aliphatic rings. The van der Waals surface area contributed by atoms with Gasteiger partial charge in [0, 0.05) is 31.7 Å². The third-order valence-electron chi connectivity index (χ3n) is 6.28. The number of aromatic nitrogens is 1. The SMILES string of the molecule is O=C(OCC1c2ccccc2-c2ccccc21)N1CCNCC1c1ccc(C(F)(F)F)nc1. The number of benzene rings is 2. The first-order chi connectivity index (χ1) is 15.9. The monoisotopic (exact) mass is 453 g/mol. The largest absolute Gasteiger partial charge is 0.448 e. The summed E-state index contributed by atoms with van der Waals surface area (Å²) >= 11 is 0. The van der Waals surface area contributed by atoms with Gasteiger partial charge >= 0.3 is 12.3 Å². The number of fused-ring (bicyclic) bond motifs is 3. The second-order valence-corrected chi connectivity index (χ2v) is 8.19. The third kappa shape index (κ3) is 4.06. The molecule has 0 spiro atoms. The molecule has 1 unspecified atom stereocenters. The van der Waals surface area contributed by atoms with Crippen LogP contribution in [0, 0.1) is 0 Å². The number of piperazine rings is 1. The molecule has 1 aromatic heterocycles. The highest BCUT2D eigenvalue weighted by molar-refractivity contribution is 5.79. The van der Waals surface area contributed by atoms with Crippen molar-refractivity contribution in [2.24, 2.45) is 0 Å². The molecule has 1 amide bonds. The average Bonchev–Trinajstić information content (AvgIpc) is 3.16. The van der Waals surface area contributed by atoms with Crippen LogP contribution in [0.3, 0.4) is 0 Å². The van der Waals surface area contributed by atoms with Crippen LogP contribution >= 0.6 is 0 Å². The third-order valence-corrected chi connectivity index (χ3v) is 6.28. The average molecular weight is 453 g/mol. The molecule has 1 aliphatic carbocycles. The number of ether oxygens (including phenoxy) is 1. The van der Waals surface area contributed by atoms with E-state index >= 15 is 0 Å². The summed E-state index contributed by atoms with van der Waals surface area (Å²) in [5, 5.41) is 3.19. The minimum absolute atomic E-state index is 0.0598. The van der Waals surface area contributed by atoms with Gasteiger partial charge in [-0.25, -0.2) is 4.79 Å². The van der Waals surface area contributed by atoms with Crippen LogP contribution in [0.1, 0.15) is 34.3 Å². The summed E-state index contributed by atoms with van der Waals surface area (Å²) in [6, 6.07) is 18.0. The van der Waals surface area contributed by atoms with Crippen molar-refractivity contribution in [1.82, 2.24) is 15.2 Å². The van der Waals surface area contributed by atoms with Crippen LogP contribution in [-0.2, 0) is 10.9 Å². The van der Waals surface area contributed by atoms with E-state index in [9.17, 15) is 18.0 Å². The molecule has 5 nitrogen and oxygen atoms in total. The first-order valence-corrected chi connectivity index (χ1v) is 10.8. The number of hydrogen-bond donors (Lipinski definition) is 1. The Bertz CT molecular complexity index is 1120. The van der Waals surface area contributed by atoms with Gasteiger partial charge in [-0.05, 0) is 33.9 Å². The van der Waals surface area contributed by atoms with Crippen molar-refractivity contribution in [3.8, 4) is 11.1 Å². The fourth-order valence-corrected chi connectivity index (χ4v) is 4.67. The lowest BCUT2D eigenvalue weighted by Gasteiger charge is -2.35. The topological polar surface area (TPSA) is 54.5 Å². The second kappa shape index (κ2) is 8.51. The molecule has 8 heteroatoms. The van der Waals surface area contributed by atoms with E-state index in [4.69, 9.17) is 4.74 Å². The fourth-order valence-electron chi connectivity index (χ4n) is 4.67. The molecule has 1 atom stereocenters. The zero-order valence-corrected chi connectivity index (χ0v) is 17.7. The number of hydrogen-bond acceptors (Lipinski definition) is 4. The molecule has 170 valence electrons. The molecular formula is C25H22F3N3O2. The predicted molar refractivity (Wildman–Crippen MR) is 117 cm³/mol. The molecule has 5 rings (SSSR count). The standard InChI is InChI=1S/C25H22F3N3O2/c26-25(27,28)23-10-9-16(13-30-23)22-14-29-11-12-31(22)24(32)33-15-21-19-7-3-1-5-17(19)18-6-2-4-8-20(18)21/h1-10,13,21-22,29H,11-12,14-15H2.